The molecule has 0 bridgehead atoms. The van der Waals surface area contributed by atoms with E-state index in [1.807, 2.05) is 0 Å². The maximum Gasteiger partial charge on any atom is 0.122 e. The minimum Gasteiger partial charge on any atom is -0.493 e. The van der Waals surface area contributed by atoms with Crippen molar-refractivity contribution in [1.82, 2.24) is 5.32 Å². The van der Waals surface area contributed by atoms with Crippen LogP contribution in [-0.2, 0) is 6.42 Å². The molecule has 2 nitrogen and oxygen atoms in total. The summed E-state index contributed by atoms with van der Waals surface area (Å²) in [6.45, 7) is 3.30. The van der Waals surface area contributed by atoms with Gasteiger partial charge in [-0.15, -0.1) is 0 Å². The molecule has 1 aliphatic carbocycles. The van der Waals surface area contributed by atoms with E-state index in [0.29, 0.717) is 11.5 Å². The number of ether oxygens (including phenoxy) is 1. The molecule has 1 atom stereocenters. The van der Waals surface area contributed by atoms with Gasteiger partial charge in [-0.05, 0) is 42.5 Å². The molecule has 1 N–H and O–H groups in total. The normalized spacial score (nSPS) is 22.6. The number of rotatable bonds is 3. The highest BCUT2D eigenvalue weighted by Gasteiger charge is 2.35. The fourth-order valence-electron chi connectivity index (χ4n) is 3.95. The van der Waals surface area contributed by atoms with Crippen LogP contribution in [0.25, 0.3) is 0 Å². The Bertz CT molecular complexity index is 449. The van der Waals surface area contributed by atoms with Crippen LogP contribution in [0.2, 0.25) is 0 Å². The van der Waals surface area contributed by atoms with E-state index in [2.05, 4.69) is 37.5 Å². The second-order valence-corrected chi connectivity index (χ2v) is 6.40. The first-order valence-corrected chi connectivity index (χ1v) is 7.66. The molecule has 1 heterocycles. The van der Waals surface area contributed by atoms with Crippen molar-refractivity contribution in [2.45, 2.75) is 51.5 Å². The van der Waals surface area contributed by atoms with Crippen LogP contribution in [0, 0.1) is 5.41 Å². The van der Waals surface area contributed by atoms with Gasteiger partial charge in [-0.25, -0.2) is 0 Å². The lowest BCUT2D eigenvalue weighted by molar-refractivity contribution is 0.150. The molecule has 0 amide bonds. The first-order chi connectivity index (χ1) is 9.23. The molecule has 1 fully saturated rings. The molecule has 2 heteroatoms. The summed E-state index contributed by atoms with van der Waals surface area (Å²) in [4.78, 5) is 0. The van der Waals surface area contributed by atoms with E-state index in [9.17, 15) is 0 Å². The summed E-state index contributed by atoms with van der Waals surface area (Å²) in [6, 6.07) is 7.25. The van der Waals surface area contributed by atoms with Crippen LogP contribution in [-0.4, -0.2) is 13.7 Å². The average Bonchev–Trinajstić information content (AvgIpc) is 2.87. The molecule has 104 valence electrons. The number of hydrogen-bond donors (Lipinski definition) is 1. The molecule has 0 aromatic heterocycles. The van der Waals surface area contributed by atoms with Gasteiger partial charge in [-0.1, -0.05) is 38.3 Å². The van der Waals surface area contributed by atoms with Crippen LogP contribution >= 0.6 is 0 Å². The molecule has 1 aliphatic heterocycles. The van der Waals surface area contributed by atoms with E-state index in [4.69, 9.17) is 4.74 Å². The molecule has 1 aromatic rings. The minimum absolute atomic E-state index is 0.403. The Kier molecular flexibility index (Phi) is 3.53. The largest absolute Gasteiger partial charge is 0.493 e. The summed E-state index contributed by atoms with van der Waals surface area (Å²) in [6.07, 6.45) is 7.91. The van der Waals surface area contributed by atoms with Gasteiger partial charge in [0.05, 0.1) is 6.61 Å². The summed E-state index contributed by atoms with van der Waals surface area (Å²) < 4.78 is 5.62. The lowest BCUT2D eigenvalue weighted by Gasteiger charge is -2.41. The van der Waals surface area contributed by atoms with Crippen LogP contribution in [0.4, 0.5) is 0 Å². The van der Waals surface area contributed by atoms with Gasteiger partial charge in [-0.2, -0.15) is 0 Å². The van der Waals surface area contributed by atoms with Gasteiger partial charge in [0.15, 0.2) is 0 Å². The number of nitrogens with one attached hydrogen (secondary N) is 1. The fourth-order valence-corrected chi connectivity index (χ4v) is 3.95. The Balaban J connectivity index is 1.89. The maximum absolute atomic E-state index is 5.62. The highest BCUT2D eigenvalue weighted by molar-refractivity contribution is 5.41. The Hall–Kier alpha value is -1.02. The van der Waals surface area contributed by atoms with E-state index in [0.717, 1.165) is 18.8 Å². The van der Waals surface area contributed by atoms with E-state index >= 15 is 0 Å². The van der Waals surface area contributed by atoms with Crippen LogP contribution in [0.3, 0.4) is 0 Å². The van der Waals surface area contributed by atoms with Crippen LogP contribution in [0.5, 0.6) is 5.75 Å². The molecule has 1 aromatic carbocycles. The van der Waals surface area contributed by atoms with Gasteiger partial charge in [0.25, 0.3) is 0 Å². The minimum atomic E-state index is 0.403. The van der Waals surface area contributed by atoms with Gasteiger partial charge < -0.3 is 10.1 Å². The zero-order chi connectivity index (χ0) is 13.3. The van der Waals surface area contributed by atoms with Crippen molar-refractivity contribution < 1.29 is 4.74 Å². The highest BCUT2D eigenvalue weighted by atomic mass is 16.5. The summed E-state index contributed by atoms with van der Waals surface area (Å²) >= 11 is 0. The first-order valence-electron chi connectivity index (χ1n) is 7.66. The Morgan fingerprint density at radius 3 is 2.74 bits per heavy atom. The SMILES string of the molecule is CNC(c1ccc2c(c1)CCO2)C1(C)CCCCC1. The van der Waals surface area contributed by atoms with Crippen molar-refractivity contribution in [2.75, 3.05) is 13.7 Å². The maximum atomic E-state index is 5.62. The molecule has 19 heavy (non-hydrogen) atoms. The van der Waals surface area contributed by atoms with E-state index in [1.165, 1.54) is 43.2 Å². The van der Waals surface area contributed by atoms with Crippen molar-refractivity contribution in [3.8, 4) is 5.75 Å². The van der Waals surface area contributed by atoms with Crippen molar-refractivity contribution in [2.24, 2.45) is 5.41 Å². The van der Waals surface area contributed by atoms with Crippen molar-refractivity contribution in [1.29, 1.82) is 0 Å². The summed E-state index contributed by atoms with van der Waals surface area (Å²) in [7, 11) is 2.11. The smallest absolute Gasteiger partial charge is 0.122 e. The fraction of sp³-hybridized carbons (Fsp3) is 0.647. The topological polar surface area (TPSA) is 21.3 Å². The van der Waals surface area contributed by atoms with Crippen molar-refractivity contribution in [3.05, 3.63) is 29.3 Å². The highest BCUT2D eigenvalue weighted by Crippen LogP contribution is 2.46. The molecule has 3 rings (SSSR count). The summed E-state index contributed by atoms with van der Waals surface area (Å²) in [5.74, 6) is 1.09. The Morgan fingerprint density at radius 2 is 2.00 bits per heavy atom. The molecule has 0 spiro atoms. The monoisotopic (exact) mass is 259 g/mol. The van der Waals surface area contributed by atoms with Gasteiger partial charge in [0.1, 0.15) is 5.75 Å². The van der Waals surface area contributed by atoms with Crippen molar-refractivity contribution >= 4 is 0 Å². The van der Waals surface area contributed by atoms with Gasteiger partial charge >= 0.3 is 0 Å². The van der Waals surface area contributed by atoms with Gasteiger partial charge in [0, 0.05) is 12.5 Å². The molecule has 2 aliphatic rings. The molecular formula is C17H25NO. The van der Waals surface area contributed by atoms with E-state index in [1.54, 1.807) is 0 Å². The molecule has 0 saturated heterocycles. The molecule has 1 saturated carbocycles. The lowest BCUT2D eigenvalue weighted by atomic mass is 9.68. The molecule has 1 unspecified atom stereocenters. The second kappa shape index (κ2) is 5.16. The zero-order valence-corrected chi connectivity index (χ0v) is 12.2. The van der Waals surface area contributed by atoms with E-state index < -0.39 is 0 Å². The Morgan fingerprint density at radius 1 is 1.21 bits per heavy atom. The Labute approximate surface area is 116 Å². The third kappa shape index (κ3) is 2.38. The second-order valence-electron chi connectivity index (χ2n) is 6.40. The summed E-state index contributed by atoms with van der Waals surface area (Å²) in [5, 5.41) is 3.58. The van der Waals surface area contributed by atoms with Crippen LogP contribution in [0.15, 0.2) is 18.2 Å². The van der Waals surface area contributed by atoms with Gasteiger partial charge in [-0.3, -0.25) is 0 Å². The number of fused-ring (bicyclic) bond motifs is 1. The third-order valence-electron chi connectivity index (χ3n) is 5.03. The predicted octanol–water partition coefficient (Wildman–Crippen LogP) is 3.85. The summed E-state index contributed by atoms with van der Waals surface area (Å²) in [5.41, 5.74) is 3.23. The van der Waals surface area contributed by atoms with Crippen LogP contribution in [0.1, 0.15) is 56.2 Å². The predicted molar refractivity (Wildman–Crippen MR) is 78.6 cm³/mol. The molecular weight excluding hydrogens is 234 g/mol. The standard InChI is InChI=1S/C17H25NO/c1-17(9-4-3-5-10-17)16(18-2)14-6-7-15-13(12-14)8-11-19-15/h6-7,12,16,18H,3-5,8-11H2,1-2H3. The average molecular weight is 259 g/mol. The van der Waals surface area contributed by atoms with Gasteiger partial charge in [0.2, 0.25) is 0 Å². The zero-order valence-electron chi connectivity index (χ0n) is 12.2. The molecule has 0 radical (unpaired) electrons. The lowest BCUT2D eigenvalue weighted by Crippen LogP contribution is -2.36. The van der Waals surface area contributed by atoms with Crippen LogP contribution < -0.4 is 10.1 Å². The van der Waals surface area contributed by atoms with E-state index in [-0.39, 0.29) is 0 Å². The first kappa shape index (κ1) is 13.0. The number of benzene rings is 1. The third-order valence-corrected chi connectivity index (χ3v) is 5.03. The van der Waals surface area contributed by atoms with Crippen molar-refractivity contribution in [3.63, 3.8) is 0 Å². The quantitative estimate of drug-likeness (QED) is 0.890. The number of hydrogen-bond acceptors (Lipinski definition) is 2.